The van der Waals surface area contributed by atoms with Crippen molar-refractivity contribution in [3.05, 3.63) is 35.4 Å². The zero-order chi connectivity index (χ0) is 11.8. The fourth-order valence-corrected chi connectivity index (χ4v) is 1.80. The van der Waals surface area contributed by atoms with Crippen LogP contribution < -0.4 is 5.32 Å². The van der Waals surface area contributed by atoms with E-state index in [4.69, 9.17) is 4.74 Å². The molecule has 1 unspecified atom stereocenters. The minimum Gasteiger partial charge on any atom is -0.385 e. The van der Waals surface area contributed by atoms with Crippen LogP contribution in [-0.2, 0) is 17.6 Å². The fraction of sp³-hybridized carbons (Fsp3) is 0.571. The van der Waals surface area contributed by atoms with Crippen molar-refractivity contribution in [2.45, 2.75) is 32.2 Å². The molecule has 0 saturated carbocycles. The number of aryl methyl sites for hydroxylation is 1. The van der Waals surface area contributed by atoms with Gasteiger partial charge in [0, 0.05) is 19.8 Å². The molecule has 0 aliphatic rings. The number of hydrogen-bond donors (Lipinski definition) is 1. The van der Waals surface area contributed by atoms with Crippen LogP contribution in [0.3, 0.4) is 0 Å². The summed E-state index contributed by atoms with van der Waals surface area (Å²) in [6.07, 6.45) is 3.24. The van der Waals surface area contributed by atoms with Crippen LogP contribution >= 0.6 is 0 Å². The standard InChI is InChI=1S/C14H23NO/c1-4-12-5-7-13(8-6-12)11-14(15-2)9-10-16-3/h5-8,14-15H,4,9-11H2,1-3H3. The number of rotatable bonds is 7. The molecule has 1 aromatic rings. The van der Waals surface area contributed by atoms with Gasteiger partial charge in [-0.05, 0) is 37.4 Å². The number of benzene rings is 1. The molecule has 1 atom stereocenters. The molecule has 0 amide bonds. The van der Waals surface area contributed by atoms with E-state index in [0.717, 1.165) is 25.9 Å². The van der Waals surface area contributed by atoms with Crippen molar-refractivity contribution in [3.63, 3.8) is 0 Å². The van der Waals surface area contributed by atoms with E-state index in [2.05, 4.69) is 36.5 Å². The third kappa shape index (κ3) is 4.33. The molecule has 0 saturated heterocycles. The van der Waals surface area contributed by atoms with Gasteiger partial charge in [0.1, 0.15) is 0 Å². The molecule has 0 radical (unpaired) electrons. The van der Waals surface area contributed by atoms with E-state index in [1.807, 2.05) is 7.05 Å². The summed E-state index contributed by atoms with van der Waals surface area (Å²) in [6.45, 7) is 3.00. The maximum atomic E-state index is 5.11. The van der Waals surface area contributed by atoms with Crippen LogP contribution in [0.2, 0.25) is 0 Å². The molecule has 1 aromatic carbocycles. The zero-order valence-electron chi connectivity index (χ0n) is 10.6. The molecule has 1 N–H and O–H groups in total. The monoisotopic (exact) mass is 221 g/mol. The maximum absolute atomic E-state index is 5.11. The molecule has 0 bridgehead atoms. The van der Waals surface area contributed by atoms with Crippen LogP contribution in [0.4, 0.5) is 0 Å². The molecule has 0 heterocycles. The molecule has 1 rings (SSSR count). The van der Waals surface area contributed by atoms with Crippen LogP contribution in [0, 0.1) is 0 Å². The lowest BCUT2D eigenvalue weighted by Crippen LogP contribution is -2.28. The number of hydrogen-bond acceptors (Lipinski definition) is 2. The Morgan fingerprint density at radius 1 is 1.19 bits per heavy atom. The average Bonchev–Trinajstić information content (AvgIpc) is 2.35. The number of likely N-dealkylation sites (N-methyl/N-ethyl adjacent to an activating group) is 1. The normalized spacial score (nSPS) is 12.7. The van der Waals surface area contributed by atoms with E-state index in [0.29, 0.717) is 6.04 Å². The van der Waals surface area contributed by atoms with Gasteiger partial charge in [-0.1, -0.05) is 31.2 Å². The van der Waals surface area contributed by atoms with Gasteiger partial charge in [-0.25, -0.2) is 0 Å². The Labute approximate surface area is 99.0 Å². The summed E-state index contributed by atoms with van der Waals surface area (Å²) in [4.78, 5) is 0. The fourth-order valence-electron chi connectivity index (χ4n) is 1.80. The van der Waals surface area contributed by atoms with Crippen LogP contribution in [-0.4, -0.2) is 26.8 Å². The number of ether oxygens (including phenoxy) is 1. The third-order valence-corrected chi connectivity index (χ3v) is 2.99. The van der Waals surface area contributed by atoms with Crippen LogP contribution in [0.25, 0.3) is 0 Å². The van der Waals surface area contributed by atoms with Gasteiger partial charge in [0.25, 0.3) is 0 Å². The van der Waals surface area contributed by atoms with E-state index < -0.39 is 0 Å². The molecule has 2 nitrogen and oxygen atoms in total. The first kappa shape index (κ1) is 13.2. The summed E-state index contributed by atoms with van der Waals surface area (Å²) < 4.78 is 5.11. The molecule has 0 aliphatic heterocycles. The highest BCUT2D eigenvalue weighted by atomic mass is 16.5. The molecule has 16 heavy (non-hydrogen) atoms. The van der Waals surface area contributed by atoms with Gasteiger partial charge in [-0.15, -0.1) is 0 Å². The Bertz CT molecular complexity index is 281. The van der Waals surface area contributed by atoms with Crippen molar-refractivity contribution < 1.29 is 4.74 Å². The van der Waals surface area contributed by atoms with E-state index in [1.165, 1.54) is 11.1 Å². The summed E-state index contributed by atoms with van der Waals surface area (Å²) in [6, 6.07) is 9.41. The molecule has 0 fully saturated rings. The largest absolute Gasteiger partial charge is 0.385 e. The van der Waals surface area contributed by atoms with Crippen LogP contribution in [0.15, 0.2) is 24.3 Å². The van der Waals surface area contributed by atoms with Gasteiger partial charge in [0.15, 0.2) is 0 Å². The second kappa shape index (κ2) is 7.42. The van der Waals surface area contributed by atoms with Gasteiger partial charge in [0.05, 0.1) is 0 Å². The average molecular weight is 221 g/mol. The quantitative estimate of drug-likeness (QED) is 0.763. The Morgan fingerprint density at radius 2 is 1.81 bits per heavy atom. The smallest absolute Gasteiger partial charge is 0.0477 e. The zero-order valence-corrected chi connectivity index (χ0v) is 10.6. The van der Waals surface area contributed by atoms with E-state index >= 15 is 0 Å². The number of methoxy groups -OCH3 is 1. The van der Waals surface area contributed by atoms with Gasteiger partial charge in [-0.2, -0.15) is 0 Å². The summed E-state index contributed by atoms with van der Waals surface area (Å²) in [5.74, 6) is 0. The van der Waals surface area contributed by atoms with Crippen LogP contribution in [0.5, 0.6) is 0 Å². The second-order valence-corrected chi connectivity index (χ2v) is 4.14. The topological polar surface area (TPSA) is 21.3 Å². The van der Waals surface area contributed by atoms with Gasteiger partial charge >= 0.3 is 0 Å². The summed E-state index contributed by atoms with van der Waals surface area (Å²) in [7, 11) is 3.77. The van der Waals surface area contributed by atoms with Crippen molar-refractivity contribution in [1.82, 2.24) is 5.32 Å². The minimum absolute atomic E-state index is 0.507. The lowest BCUT2D eigenvalue weighted by molar-refractivity contribution is 0.184. The van der Waals surface area contributed by atoms with Crippen LogP contribution in [0.1, 0.15) is 24.5 Å². The minimum atomic E-state index is 0.507. The van der Waals surface area contributed by atoms with E-state index in [1.54, 1.807) is 7.11 Å². The third-order valence-electron chi connectivity index (χ3n) is 2.99. The molecule has 0 aliphatic carbocycles. The molecular weight excluding hydrogens is 198 g/mol. The van der Waals surface area contributed by atoms with E-state index in [9.17, 15) is 0 Å². The van der Waals surface area contributed by atoms with Crippen molar-refractivity contribution >= 4 is 0 Å². The predicted molar refractivity (Wildman–Crippen MR) is 68.9 cm³/mol. The highest BCUT2D eigenvalue weighted by molar-refractivity contribution is 5.23. The first-order valence-corrected chi connectivity index (χ1v) is 6.04. The SMILES string of the molecule is CCc1ccc(CC(CCOC)NC)cc1. The first-order valence-electron chi connectivity index (χ1n) is 6.04. The lowest BCUT2D eigenvalue weighted by atomic mass is 10.0. The Balaban J connectivity index is 2.49. The maximum Gasteiger partial charge on any atom is 0.0477 e. The summed E-state index contributed by atoms with van der Waals surface area (Å²) >= 11 is 0. The summed E-state index contributed by atoms with van der Waals surface area (Å²) in [5, 5.41) is 3.33. The van der Waals surface area contributed by atoms with Gasteiger partial charge in [0.2, 0.25) is 0 Å². The predicted octanol–water partition coefficient (Wildman–Crippen LogP) is 2.42. The van der Waals surface area contributed by atoms with Gasteiger partial charge in [-0.3, -0.25) is 0 Å². The molecule has 0 spiro atoms. The molecular formula is C14H23NO. The Kier molecular flexibility index (Phi) is 6.12. The first-order chi connectivity index (χ1) is 7.80. The van der Waals surface area contributed by atoms with Crippen molar-refractivity contribution in [2.24, 2.45) is 0 Å². The molecule has 0 aromatic heterocycles. The van der Waals surface area contributed by atoms with Crippen molar-refractivity contribution in [1.29, 1.82) is 0 Å². The Hall–Kier alpha value is -0.860. The summed E-state index contributed by atoms with van der Waals surface area (Å²) in [5.41, 5.74) is 2.80. The Morgan fingerprint density at radius 3 is 2.31 bits per heavy atom. The molecule has 90 valence electrons. The van der Waals surface area contributed by atoms with Gasteiger partial charge < -0.3 is 10.1 Å². The molecule has 2 heteroatoms. The number of nitrogens with one attached hydrogen (secondary N) is 1. The lowest BCUT2D eigenvalue weighted by Gasteiger charge is -2.15. The van der Waals surface area contributed by atoms with Crippen molar-refractivity contribution in [2.75, 3.05) is 20.8 Å². The second-order valence-electron chi connectivity index (χ2n) is 4.14. The highest BCUT2D eigenvalue weighted by Gasteiger charge is 2.06. The highest BCUT2D eigenvalue weighted by Crippen LogP contribution is 2.09. The van der Waals surface area contributed by atoms with Crippen molar-refractivity contribution in [3.8, 4) is 0 Å². The van der Waals surface area contributed by atoms with E-state index in [-0.39, 0.29) is 0 Å².